The molecule has 0 saturated heterocycles. The summed E-state index contributed by atoms with van der Waals surface area (Å²) in [6, 6.07) is 1.18. The van der Waals surface area contributed by atoms with Crippen LogP contribution in [-0.2, 0) is 0 Å². The molecule has 0 amide bonds. The Balaban J connectivity index is 2.08. The van der Waals surface area contributed by atoms with E-state index in [9.17, 15) is 5.11 Å². The molecule has 1 unspecified atom stereocenters. The van der Waals surface area contributed by atoms with E-state index in [2.05, 4.69) is 37.9 Å². The Morgan fingerprint density at radius 1 is 1.11 bits per heavy atom. The van der Waals surface area contributed by atoms with Crippen LogP contribution in [0.15, 0.2) is 0 Å². The molecule has 1 aliphatic carbocycles. The fourth-order valence-electron chi connectivity index (χ4n) is 3.30. The van der Waals surface area contributed by atoms with Crippen molar-refractivity contribution in [2.24, 2.45) is 5.92 Å². The second-order valence-electron chi connectivity index (χ2n) is 6.67. The molecule has 1 aliphatic rings. The average Bonchev–Trinajstić information content (AvgIpc) is 2.80. The van der Waals surface area contributed by atoms with Gasteiger partial charge in [-0.1, -0.05) is 25.7 Å². The highest BCUT2D eigenvalue weighted by molar-refractivity contribution is 4.73. The summed E-state index contributed by atoms with van der Waals surface area (Å²) in [4.78, 5) is 2.48. The van der Waals surface area contributed by atoms with E-state index in [1.54, 1.807) is 0 Å². The molecule has 1 fully saturated rings. The number of hydrogen-bond donors (Lipinski definition) is 2. The van der Waals surface area contributed by atoms with Crippen molar-refractivity contribution in [2.45, 2.75) is 78.0 Å². The summed E-state index contributed by atoms with van der Waals surface area (Å²) < 4.78 is 0. The molecule has 1 rings (SSSR count). The summed E-state index contributed by atoms with van der Waals surface area (Å²) in [6.45, 7) is 11.8. The zero-order valence-electron chi connectivity index (χ0n) is 13.4. The molecule has 3 heteroatoms. The smallest absolute Gasteiger partial charge is 0.0667 e. The molecule has 0 heterocycles. The van der Waals surface area contributed by atoms with Gasteiger partial charge in [0.15, 0.2) is 0 Å². The fraction of sp³-hybridized carbons (Fsp3) is 1.00. The van der Waals surface area contributed by atoms with Crippen molar-refractivity contribution >= 4 is 0 Å². The number of hydrogen-bond acceptors (Lipinski definition) is 3. The molecule has 0 aromatic carbocycles. The summed E-state index contributed by atoms with van der Waals surface area (Å²) in [5.74, 6) is 0.777. The van der Waals surface area contributed by atoms with Crippen LogP contribution in [0.1, 0.15) is 59.8 Å². The first-order valence-electron chi connectivity index (χ1n) is 8.15. The standard InChI is InChI=1S/C16H34N2O/c1-13(2)18(14(3)4)10-9-17-12-16(19)11-15-7-5-6-8-15/h13-17,19H,5-12H2,1-4H3. The molecule has 114 valence electrons. The van der Waals surface area contributed by atoms with Crippen LogP contribution < -0.4 is 5.32 Å². The second-order valence-corrected chi connectivity index (χ2v) is 6.67. The monoisotopic (exact) mass is 270 g/mol. The molecule has 0 aromatic rings. The zero-order valence-corrected chi connectivity index (χ0v) is 13.4. The van der Waals surface area contributed by atoms with Crippen LogP contribution in [0.25, 0.3) is 0 Å². The number of nitrogens with one attached hydrogen (secondary N) is 1. The number of rotatable bonds is 9. The Hall–Kier alpha value is -0.120. The zero-order chi connectivity index (χ0) is 14.3. The van der Waals surface area contributed by atoms with Gasteiger partial charge in [-0.25, -0.2) is 0 Å². The van der Waals surface area contributed by atoms with Crippen LogP contribution in [0.2, 0.25) is 0 Å². The molecule has 0 bridgehead atoms. The predicted octanol–water partition coefficient (Wildman–Crippen LogP) is 2.64. The van der Waals surface area contributed by atoms with E-state index in [0.29, 0.717) is 12.1 Å². The Morgan fingerprint density at radius 3 is 2.21 bits per heavy atom. The molecular formula is C16H34N2O. The molecule has 0 spiro atoms. The van der Waals surface area contributed by atoms with E-state index in [-0.39, 0.29) is 6.10 Å². The van der Waals surface area contributed by atoms with Crippen molar-refractivity contribution in [3.05, 3.63) is 0 Å². The van der Waals surface area contributed by atoms with E-state index >= 15 is 0 Å². The van der Waals surface area contributed by atoms with Gasteiger partial charge in [0, 0.05) is 31.7 Å². The van der Waals surface area contributed by atoms with Crippen LogP contribution in [0.4, 0.5) is 0 Å². The highest BCUT2D eigenvalue weighted by Crippen LogP contribution is 2.28. The molecule has 0 aliphatic heterocycles. The number of nitrogens with zero attached hydrogens (tertiary/aromatic N) is 1. The molecule has 0 aromatic heterocycles. The molecule has 0 radical (unpaired) electrons. The molecule has 19 heavy (non-hydrogen) atoms. The van der Waals surface area contributed by atoms with Gasteiger partial charge in [0.2, 0.25) is 0 Å². The fourth-order valence-corrected chi connectivity index (χ4v) is 3.30. The Morgan fingerprint density at radius 2 is 1.68 bits per heavy atom. The number of aliphatic hydroxyl groups excluding tert-OH is 1. The lowest BCUT2D eigenvalue weighted by Gasteiger charge is -2.30. The van der Waals surface area contributed by atoms with E-state index in [4.69, 9.17) is 0 Å². The largest absolute Gasteiger partial charge is 0.392 e. The topological polar surface area (TPSA) is 35.5 Å². The van der Waals surface area contributed by atoms with Crippen LogP contribution in [0.3, 0.4) is 0 Å². The minimum absolute atomic E-state index is 0.158. The minimum atomic E-state index is -0.158. The Kier molecular flexibility index (Phi) is 7.96. The third kappa shape index (κ3) is 6.73. The second kappa shape index (κ2) is 8.93. The van der Waals surface area contributed by atoms with Gasteiger partial charge in [-0.05, 0) is 40.0 Å². The van der Waals surface area contributed by atoms with Crippen molar-refractivity contribution < 1.29 is 5.11 Å². The van der Waals surface area contributed by atoms with Gasteiger partial charge in [0.05, 0.1) is 6.10 Å². The van der Waals surface area contributed by atoms with Gasteiger partial charge < -0.3 is 10.4 Å². The number of aliphatic hydroxyl groups is 1. The quantitative estimate of drug-likeness (QED) is 0.632. The highest BCUT2D eigenvalue weighted by atomic mass is 16.3. The van der Waals surface area contributed by atoms with E-state index < -0.39 is 0 Å². The van der Waals surface area contributed by atoms with Crippen LogP contribution >= 0.6 is 0 Å². The molecular weight excluding hydrogens is 236 g/mol. The van der Waals surface area contributed by atoms with Gasteiger partial charge in [-0.3, -0.25) is 4.90 Å². The summed E-state index contributed by atoms with van der Waals surface area (Å²) in [5, 5.41) is 13.4. The van der Waals surface area contributed by atoms with Gasteiger partial charge in [-0.15, -0.1) is 0 Å². The van der Waals surface area contributed by atoms with Crippen molar-refractivity contribution in [3.8, 4) is 0 Å². The first-order chi connectivity index (χ1) is 9.00. The van der Waals surface area contributed by atoms with Crippen LogP contribution in [-0.4, -0.2) is 47.8 Å². The van der Waals surface area contributed by atoms with Crippen molar-refractivity contribution in [1.29, 1.82) is 0 Å². The van der Waals surface area contributed by atoms with E-state index in [1.165, 1.54) is 25.7 Å². The SMILES string of the molecule is CC(C)N(CCNCC(O)CC1CCCC1)C(C)C. The maximum absolute atomic E-state index is 10.0. The first-order valence-corrected chi connectivity index (χ1v) is 8.15. The van der Waals surface area contributed by atoms with Gasteiger partial charge in [0.1, 0.15) is 0 Å². The summed E-state index contributed by atoms with van der Waals surface area (Å²) >= 11 is 0. The predicted molar refractivity (Wildman–Crippen MR) is 82.4 cm³/mol. The van der Waals surface area contributed by atoms with Gasteiger partial charge in [-0.2, -0.15) is 0 Å². The van der Waals surface area contributed by atoms with Crippen molar-refractivity contribution in [1.82, 2.24) is 10.2 Å². The third-order valence-electron chi connectivity index (χ3n) is 4.33. The van der Waals surface area contributed by atoms with Gasteiger partial charge >= 0.3 is 0 Å². The first kappa shape index (κ1) is 16.9. The Bertz CT molecular complexity index is 217. The normalized spacial score (nSPS) is 18.9. The lowest BCUT2D eigenvalue weighted by Crippen LogP contribution is -2.42. The maximum Gasteiger partial charge on any atom is 0.0667 e. The third-order valence-corrected chi connectivity index (χ3v) is 4.33. The van der Waals surface area contributed by atoms with Crippen molar-refractivity contribution in [3.63, 3.8) is 0 Å². The lowest BCUT2D eigenvalue weighted by molar-refractivity contribution is 0.134. The molecule has 1 saturated carbocycles. The van der Waals surface area contributed by atoms with E-state index in [0.717, 1.165) is 32.0 Å². The maximum atomic E-state index is 10.0. The minimum Gasteiger partial charge on any atom is -0.392 e. The summed E-state index contributed by atoms with van der Waals surface area (Å²) in [7, 11) is 0. The summed E-state index contributed by atoms with van der Waals surface area (Å²) in [6.07, 6.45) is 6.21. The van der Waals surface area contributed by atoms with E-state index in [1.807, 2.05) is 0 Å². The Labute approximate surface area is 119 Å². The van der Waals surface area contributed by atoms with Gasteiger partial charge in [0.25, 0.3) is 0 Å². The summed E-state index contributed by atoms with van der Waals surface area (Å²) in [5.41, 5.74) is 0. The van der Waals surface area contributed by atoms with Crippen LogP contribution in [0.5, 0.6) is 0 Å². The molecule has 2 N–H and O–H groups in total. The lowest BCUT2D eigenvalue weighted by atomic mass is 10.0. The highest BCUT2D eigenvalue weighted by Gasteiger charge is 2.18. The molecule has 3 nitrogen and oxygen atoms in total. The van der Waals surface area contributed by atoms with Crippen molar-refractivity contribution in [2.75, 3.05) is 19.6 Å². The van der Waals surface area contributed by atoms with Crippen LogP contribution in [0, 0.1) is 5.92 Å². The average molecular weight is 270 g/mol. The molecule has 1 atom stereocenters.